The molecule has 1 aromatic carbocycles. The summed E-state index contributed by atoms with van der Waals surface area (Å²) in [6.45, 7) is 14.2. The molecule has 2 fully saturated rings. The van der Waals surface area contributed by atoms with Crippen LogP contribution >= 0.6 is 0 Å². The molecule has 2 saturated heterocycles. The van der Waals surface area contributed by atoms with Crippen LogP contribution < -0.4 is 9.80 Å². The Morgan fingerprint density at radius 3 is 2.39 bits per heavy atom. The predicted molar refractivity (Wildman–Crippen MR) is 132 cm³/mol. The van der Waals surface area contributed by atoms with Gasteiger partial charge in [-0.2, -0.15) is 5.10 Å². The summed E-state index contributed by atoms with van der Waals surface area (Å²) in [7, 11) is 0. The van der Waals surface area contributed by atoms with Gasteiger partial charge in [0.1, 0.15) is 16.7 Å². The Balaban J connectivity index is 1.41. The summed E-state index contributed by atoms with van der Waals surface area (Å²) in [5, 5.41) is 17.4. The van der Waals surface area contributed by atoms with Crippen LogP contribution in [-0.2, 0) is 0 Å². The molecule has 0 bridgehead atoms. The number of anilines is 2. The van der Waals surface area contributed by atoms with Gasteiger partial charge in [-0.15, -0.1) is 0 Å². The number of piperidine rings is 1. The van der Waals surface area contributed by atoms with E-state index in [4.69, 9.17) is 4.98 Å². The van der Waals surface area contributed by atoms with Gasteiger partial charge in [0.15, 0.2) is 0 Å². The van der Waals surface area contributed by atoms with Crippen LogP contribution in [0.4, 0.5) is 11.6 Å². The summed E-state index contributed by atoms with van der Waals surface area (Å²) in [6, 6.07) is 9.04. The zero-order valence-corrected chi connectivity index (χ0v) is 19.7. The number of H-pyrrole nitrogens is 1. The van der Waals surface area contributed by atoms with Gasteiger partial charge in [0.25, 0.3) is 0 Å². The smallest absolute Gasteiger partial charge is 0.226 e. The van der Waals surface area contributed by atoms with Gasteiger partial charge >= 0.3 is 0 Å². The molecule has 0 amide bonds. The lowest BCUT2D eigenvalue weighted by atomic mass is 10.1. The number of aliphatic hydroxyl groups is 1. The molecule has 2 aliphatic heterocycles. The Hall–Kier alpha value is -3.13. The van der Waals surface area contributed by atoms with Crippen molar-refractivity contribution in [2.24, 2.45) is 0 Å². The minimum atomic E-state index is -0.168. The summed E-state index contributed by atoms with van der Waals surface area (Å²) in [5.74, 6) is 0.745. The first-order valence-electron chi connectivity index (χ1n) is 11.8. The number of nitrogens with one attached hydrogen (secondary N) is 1. The van der Waals surface area contributed by atoms with E-state index in [1.807, 2.05) is 6.20 Å². The van der Waals surface area contributed by atoms with E-state index in [1.54, 1.807) is 0 Å². The fourth-order valence-electron chi connectivity index (χ4n) is 5.11. The normalized spacial score (nSPS) is 22.2. The van der Waals surface area contributed by atoms with E-state index in [1.165, 1.54) is 5.69 Å². The molecule has 2 aromatic heterocycles. The van der Waals surface area contributed by atoms with E-state index < -0.39 is 0 Å². The number of fused-ring (bicyclic) bond motifs is 1. The number of rotatable bonds is 4. The summed E-state index contributed by atoms with van der Waals surface area (Å²) < 4.78 is 0. The molecule has 2 N–H and O–H groups in total. The van der Waals surface area contributed by atoms with Gasteiger partial charge in [-0.1, -0.05) is 18.7 Å². The van der Waals surface area contributed by atoms with Gasteiger partial charge in [-0.3, -0.25) is 5.10 Å². The fraction of sp³-hybridized carbons (Fsp3) is 0.480. The van der Waals surface area contributed by atoms with Crippen molar-refractivity contribution in [1.29, 1.82) is 0 Å². The highest BCUT2D eigenvalue weighted by Crippen LogP contribution is 2.30. The average molecular weight is 448 g/mol. The second-order valence-corrected chi connectivity index (χ2v) is 9.52. The van der Waals surface area contributed by atoms with Crippen molar-refractivity contribution in [2.75, 3.05) is 36.0 Å². The number of piperazine rings is 1. The maximum Gasteiger partial charge on any atom is 0.226 e. The van der Waals surface area contributed by atoms with Crippen molar-refractivity contribution in [3.8, 4) is 11.3 Å². The molecule has 0 radical (unpaired) electrons. The van der Waals surface area contributed by atoms with E-state index in [2.05, 4.69) is 81.5 Å². The number of aromatic nitrogens is 4. The van der Waals surface area contributed by atoms with Crippen molar-refractivity contribution in [1.82, 2.24) is 25.1 Å². The number of aliphatic hydroxyl groups excluding tert-OH is 1. The van der Waals surface area contributed by atoms with E-state index in [-0.39, 0.29) is 18.2 Å². The van der Waals surface area contributed by atoms with Crippen molar-refractivity contribution >= 4 is 22.7 Å². The van der Waals surface area contributed by atoms with Crippen molar-refractivity contribution in [3.63, 3.8) is 0 Å². The molecule has 8 heteroatoms. The van der Waals surface area contributed by atoms with E-state index in [0.29, 0.717) is 0 Å². The lowest BCUT2D eigenvalue weighted by molar-refractivity contribution is 0.145. The minimum Gasteiger partial charge on any atom is -0.393 e. The highest BCUT2D eigenvalue weighted by Gasteiger charge is 2.31. The summed E-state index contributed by atoms with van der Waals surface area (Å²) in [5.41, 5.74) is 5.83. The number of hydrogen-bond acceptors (Lipinski definition) is 7. The van der Waals surface area contributed by atoms with Crippen LogP contribution in [0.25, 0.3) is 22.3 Å². The standard InChI is InChI=1S/C25H33N7O/c1-16(2)31-14-17(3)32(18(4)15-31)25-26-13-22-24(27-25)23(29-28-22)19-5-7-20(8-6-19)30-11-9-21(33)10-12-30/h5-8,13,17-18,21,33H,1,9-12,14-15H2,2-4H3,(H,28,29). The van der Waals surface area contributed by atoms with Crippen LogP contribution in [0.2, 0.25) is 0 Å². The molecule has 2 aliphatic rings. The van der Waals surface area contributed by atoms with E-state index in [0.717, 1.165) is 73.0 Å². The summed E-state index contributed by atoms with van der Waals surface area (Å²) >= 11 is 0. The van der Waals surface area contributed by atoms with Crippen LogP contribution in [0.15, 0.2) is 42.7 Å². The van der Waals surface area contributed by atoms with Gasteiger partial charge in [-0.25, -0.2) is 9.97 Å². The van der Waals surface area contributed by atoms with Gasteiger partial charge in [-0.05, 0) is 45.7 Å². The fourth-order valence-corrected chi connectivity index (χ4v) is 5.11. The molecule has 0 spiro atoms. The maximum absolute atomic E-state index is 9.77. The third kappa shape index (κ3) is 4.15. The highest BCUT2D eigenvalue weighted by molar-refractivity contribution is 5.90. The highest BCUT2D eigenvalue weighted by atomic mass is 16.3. The quantitative estimate of drug-likeness (QED) is 0.634. The number of allylic oxidation sites excluding steroid dienone is 1. The van der Waals surface area contributed by atoms with Crippen LogP contribution in [0.5, 0.6) is 0 Å². The monoisotopic (exact) mass is 447 g/mol. The molecule has 0 saturated carbocycles. The maximum atomic E-state index is 9.77. The third-order valence-electron chi connectivity index (χ3n) is 6.95. The Morgan fingerprint density at radius 1 is 1.09 bits per heavy atom. The van der Waals surface area contributed by atoms with Gasteiger partial charge in [0.05, 0.1) is 12.3 Å². The van der Waals surface area contributed by atoms with E-state index in [9.17, 15) is 5.11 Å². The van der Waals surface area contributed by atoms with Crippen LogP contribution in [0, 0.1) is 0 Å². The SMILES string of the molecule is C=C(C)N1CC(C)N(c2ncc3[nH]nc(-c4ccc(N5CCC(O)CC5)cc4)c3n2)C(C)C1. The summed E-state index contributed by atoms with van der Waals surface area (Å²) in [4.78, 5) is 16.6. The van der Waals surface area contributed by atoms with Crippen molar-refractivity contribution in [2.45, 2.75) is 51.8 Å². The third-order valence-corrected chi connectivity index (χ3v) is 6.95. The molecule has 4 heterocycles. The number of hydrogen-bond donors (Lipinski definition) is 2. The van der Waals surface area contributed by atoms with E-state index >= 15 is 0 Å². The molecule has 174 valence electrons. The Kier molecular flexibility index (Phi) is 5.70. The summed E-state index contributed by atoms with van der Waals surface area (Å²) in [6.07, 6.45) is 3.32. The second-order valence-electron chi connectivity index (χ2n) is 9.52. The Bertz CT molecular complexity index is 1120. The topological polar surface area (TPSA) is 84.4 Å². The van der Waals surface area contributed by atoms with Crippen LogP contribution in [-0.4, -0.2) is 74.5 Å². The van der Waals surface area contributed by atoms with Gasteiger partial charge in [0, 0.05) is 55.2 Å². The molecule has 2 atom stereocenters. The zero-order valence-electron chi connectivity index (χ0n) is 19.7. The minimum absolute atomic E-state index is 0.168. The molecule has 5 rings (SSSR count). The van der Waals surface area contributed by atoms with Crippen molar-refractivity contribution in [3.05, 3.63) is 42.7 Å². The number of nitrogens with zero attached hydrogens (tertiary/aromatic N) is 6. The molecule has 3 aromatic rings. The largest absolute Gasteiger partial charge is 0.393 e. The first-order valence-corrected chi connectivity index (χ1v) is 11.8. The lowest BCUT2D eigenvalue weighted by Gasteiger charge is -2.45. The average Bonchev–Trinajstić information content (AvgIpc) is 3.22. The van der Waals surface area contributed by atoms with Gasteiger partial charge in [0.2, 0.25) is 5.95 Å². The molecule has 33 heavy (non-hydrogen) atoms. The molecular formula is C25H33N7O. The molecule has 8 nitrogen and oxygen atoms in total. The van der Waals surface area contributed by atoms with Crippen molar-refractivity contribution < 1.29 is 5.11 Å². The first kappa shape index (κ1) is 21.7. The Labute approximate surface area is 194 Å². The molecular weight excluding hydrogens is 414 g/mol. The predicted octanol–water partition coefficient (Wildman–Crippen LogP) is 3.41. The molecule has 2 unspecified atom stereocenters. The molecule has 0 aliphatic carbocycles. The zero-order chi connectivity index (χ0) is 23.1. The van der Waals surface area contributed by atoms with Crippen LogP contribution in [0.3, 0.4) is 0 Å². The second kappa shape index (κ2) is 8.67. The van der Waals surface area contributed by atoms with Crippen LogP contribution in [0.1, 0.15) is 33.6 Å². The number of benzene rings is 1. The lowest BCUT2D eigenvalue weighted by Crippen LogP contribution is -2.56. The Morgan fingerprint density at radius 2 is 1.76 bits per heavy atom. The van der Waals surface area contributed by atoms with Gasteiger partial charge < -0.3 is 19.8 Å². The number of aromatic amines is 1. The first-order chi connectivity index (χ1) is 15.9.